The lowest BCUT2D eigenvalue weighted by atomic mass is 10.1. The van der Waals surface area contributed by atoms with Crippen LogP contribution in [-0.4, -0.2) is 26.3 Å². The van der Waals surface area contributed by atoms with Gasteiger partial charge in [-0.2, -0.15) is 5.10 Å². The molecule has 2 aromatic heterocycles. The van der Waals surface area contributed by atoms with Crippen LogP contribution in [0.2, 0.25) is 0 Å². The van der Waals surface area contributed by atoms with Gasteiger partial charge in [-0.3, -0.25) is 14.2 Å². The third-order valence-corrected chi connectivity index (χ3v) is 5.86. The van der Waals surface area contributed by atoms with Crippen LogP contribution in [-0.2, 0) is 17.8 Å². The number of aromatic nitrogens is 3. The van der Waals surface area contributed by atoms with E-state index in [1.807, 2.05) is 45.0 Å². The molecule has 1 saturated carbocycles. The first-order valence-electron chi connectivity index (χ1n) is 10.5. The van der Waals surface area contributed by atoms with E-state index in [1.165, 1.54) is 0 Å². The number of carbonyl (C=O) groups is 1. The van der Waals surface area contributed by atoms with Crippen LogP contribution in [0.3, 0.4) is 0 Å². The molecule has 152 valence electrons. The summed E-state index contributed by atoms with van der Waals surface area (Å²) in [5.74, 6) is -0.112. The number of hydrogen-bond acceptors (Lipinski definition) is 3. The Morgan fingerprint density at radius 3 is 2.52 bits per heavy atom. The lowest BCUT2D eigenvalue weighted by Gasteiger charge is -2.15. The number of fused-ring (bicyclic) bond motifs is 1. The summed E-state index contributed by atoms with van der Waals surface area (Å²) < 4.78 is 3.37. The number of aryl methyl sites for hydroxylation is 3. The Balaban J connectivity index is 1.84. The zero-order chi connectivity index (χ0) is 20.5. The van der Waals surface area contributed by atoms with Gasteiger partial charge >= 0.3 is 0 Å². The van der Waals surface area contributed by atoms with Gasteiger partial charge in [0.05, 0.1) is 11.4 Å². The molecular weight excluding hydrogens is 364 g/mol. The topological polar surface area (TPSA) is 68.9 Å². The van der Waals surface area contributed by atoms with Gasteiger partial charge in [-0.15, -0.1) is 0 Å². The highest BCUT2D eigenvalue weighted by Crippen LogP contribution is 2.25. The summed E-state index contributed by atoms with van der Waals surface area (Å²) in [6, 6.07) is 9.92. The minimum absolute atomic E-state index is 0.00677. The van der Waals surface area contributed by atoms with E-state index in [0.717, 1.165) is 60.0 Å². The van der Waals surface area contributed by atoms with Gasteiger partial charge in [-0.25, -0.2) is 4.68 Å². The van der Waals surface area contributed by atoms with Crippen LogP contribution in [0, 0.1) is 13.8 Å². The normalized spacial score (nSPS) is 14.6. The van der Waals surface area contributed by atoms with Gasteiger partial charge in [0.2, 0.25) is 5.91 Å². The molecule has 0 radical (unpaired) electrons. The fourth-order valence-electron chi connectivity index (χ4n) is 4.33. The molecule has 3 aromatic rings. The van der Waals surface area contributed by atoms with Crippen molar-refractivity contribution in [2.75, 3.05) is 0 Å². The highest BCUT2D eigenvalue weighted by atomic mass is 16.2. The molecule has 2 heterocycles. The van der Waals surface area contributed by atoms with Gasteiger partial charge < -0.3 is 5.32 Å². The standard InChI is InChI=1S/C23H28N4O2/c1-4-17-13-21(29)26(14-20(28)24-18-7-5-6-8-18)23-22(17)16(3)25-27(23)19-11-9-15(2)10-12-19/h9-13,18H,4-8,14H2,1-3H3,(H,24,28). The zero-order valence-corrected chi connectivity index (χ0v) is 17.4. The highest BCUT2D eigenvalue weighted by molar-refractivity contribution is 5.86. The van der Waals surface area contributed by atoms with E-state index in [4.69, 9.17) is 5.10 Å². The average molecular weight is 393 g/mol. The van der Waals surface area contributed by atoms with Crippen LogP contribution in [0.25, 0.3) is 16.7 Å². The van der Waals surface area contributed by atoms with Crippen molar-refractivity contribution in [1.82, 2.24) is 19.7 Å². The minimum atomic E-state index is -0.163. The molecule has 0 atom stereocenters. The molecular formula is C23H28N4O2. The van der Waals surface area contributed by atoms with Gasteiger partial charge in [0.25, 0.3) is 5.56 Å². The van der Waals surface area contributed by atoms with Crippen LogP contribution in [0.1, 0.15) is 49.4 Å². The Bertz CT molecular complexity index is 1100. The maximum atomic E-state index is 13.0. The maximum Gasteiger partial charge on any atom is 0.252 e. The number of nitrogens with one attached hydrogen (secondary N) is 1. The molecule has 29 heavy (non-hydrogen) atoms. The average Bonchev–Trinajstić information content (AvgIpc) is 3.32. The van der Waals surface area contributed by atoms with Crippen LogP contribution in [0.15, 0.2) is 35.1 Å². The summed E-state index contributed by atoms with van der Waals surface area (Å²) >= 11 is 0. The van der Waals surface area contributed by atoms with E-state index in [0.29, 0.717) is 5.65 Å². The number of rotatable bonds is 5. The summed E-state index contributed by atoms with van der Waals surface area (Å²) in [6.45, 7) is 6.04. The van der Waals surface area contributed by atoms with Gasteiger partial charge in [0.1, 0.15) is 12.2 Å². The third-order valence-electron chi connectivity index (χ3n) is 5.86. The van der Waals surface area contributed by atoms with E-state index in [9.17, 15) is 9.59 Å². The second kappa shape index (κ2) is 7.85. The largest absolute Gasteiger partial charge is 0.352 e. The van der Waals surface area contributed by atoms with Crippen LogP contribution >= 0.6 is 0 Å². The summed E-state index contributed by atoms with van der Waals surface area (Å²) in [5, 5.41) is 8.79. The quantitative estimate of drug-likeness (QED) is 0.723. The molecule has 1 aliphatic rings. The van der Waals surface area contributed by atoms with Crippen molar-refractivity contribution in [1.29, 1.82) is 0 Å². The predicted molar refractivity (Wildman–Crippen MR) is 115 cm³/mol. The number of carbonyl (C=O) groups excluding carboxylic acids is 1. The molecule has 6 heteroatoms. The second-order valence-electron chi connectivity index (χ2n) is 8.03. The molecule has 1 aromatic carbocycles. The van der Waals surface area contributed by atoms with E-state index >= 15 is 0 Å². The summed E-state index contributed by atoms with van der Waals surface area (Å²) in [6.07, 6.45) is 5.08. The number of benzene rings is 1. The summed E-state index contributed by atoms with van der Waals surface area (Å²) in [7, 11) is 0. The maximum absolute atomic E-state index is 13.0. The van der Waals surface area contributed by atoms with Gasteiger partial charge in [0, 0.05) is 17.5 Å². The molecule has 0 saturated heterocycles. The summed E-state index contributed by atoms with van der Waals surface area (Å²) in [5.41, 5.74) is 4.40. The first kappa shape index (κ1) is 19.4. The third kappa shape index (κ3) is 3.71. The van der Waals surface area contributed by atoms with Crippen LogP contribution in [0.4, 0.5) is 0 Å². The van der Waals surface area contributed by atoms with Gasteiger partial charge in [-0.1, -0.05) is 37.5 Å². The Hall–Kier alpha value is -2.89. The zero-order valence-electron chi connectivity index (χ0n) is 17.4. The van der Waals surface area contributed by atoms with E-state index in [2.05, 4.69) is 5.32 Å². The number of nitrogens with zero attached hydrogens (tertiary/aromatic N) is 3. The lowest BCUT2D eigenvalue weighted by molar-refractivity contribution is -0.122. The molecule has 1 aliphatic carbocycles. The first-order valence-corrected chi connectivity index (χ1v) is 10.5. The van der Waals surface area contributed by atoms with Crippen molar-refractivity contribution < 1.29 is 4.79 Å². The van der Waals surface area contributed by atoms with Crippen molar-refractivity contribution >= 4 is 16.9 Å². The van der Waals surface area contributed by atoms with Gasteiger partial charge in [0.15, 0.2) is 0 Å². The van der Waals surface area contributed by atoms with E-state index in [1.54, 1.807) is 15.3 Å². The van der Waals surface area contributed by atoms with Crippen molar-refractivity contribution in [3.05, 3.63) is 57.5 Å². The number of amides is 1. The molecule has 1 fully saturated rings. The van der Waals surface area contributed by atoms with Crippen molar-refractivity contribution in [2.24, 2.45) is 0 Å². The number of hydrogen-bond donors (Lipinski definition) is 1. The summed E-state index contributed by atoms with van der Waals surface area (Å²) in [4.78, 5) is 25.7. The molecule has 4 rings (SSSR count). The molecule has 0 aliphatic heterocycles. The Morgan fingerprint density at radius 1 is 1.17 bits per heavy atom. The molecule has 1 N–H and O–H groups in total. The molecule has 6 nitrogen and oxygen atoms in total. The Kier molecular flexibility index (Phi) is 5.26. The molecule has 1 amide bonds. The van der Waals surface area contributed by atoms with Crippen molar-refractivity contribution in [2.45, 2.75) is 65.5 Å². The fourth-order valence-corrected chi connectivity index (χ4v) is 4.33. The van der Waals surface area contributed by atoms with Crippen molar-refractivity contribution in [3.63, 3.8) is 0 Å². The fraction of sp³-hybridized carbons (Fsp3) is 0.435. The number of pyridine rings is 1. The SMILES string of the molecule is CCc1cc(=O)n(CC(=O)NC2CCCC2)c2c1c(C)nn2-c1ccc(C)cc1. The molecule has 0 bridgehead atoms. The van der Waals surface area contributed by atoms with E-state index in [-0.39, 0.29) is 24.1 Å². The predicted octanol–water partition coefficient (Wildman–Crippen LogP) is 3.43. The van der Waals surface area contributed by atoms with Gasteiger partial charge in [-0.05, 0) is 50.8 Å². The molecule has 0 spiro atoms. The molecule has 0 unspecified atom stereocenters. The Labute approximate surface area is 170 Å². The Morgan fingerprint density at radius 2 is 1.86 bits per heavy atom. The van der Waals surface area contributed by atoms with Crippen LogP contribution in [0.5, 0.6) is 0 Å². The smallest absolute Gasteiger partial charge is 0.252 e. The minimum Gasteiger partial charge on any atom is -0.352 e. The van der Waals surface area contributed by atoms with Crippen LogP contribution < -0.4 is 10.9 Å². The monoisotopic (exact) mass is 392 g/mol. The lowest BCUT2D eigenvalue weighted by Crippen LogP contribution is -2.38. The first-order chi connectivity index (χ1) is 14.0. The second-order valence-corrected chi connectivity index (χ2v) is 8.03. The highest BCUT2D eigenvalue weighted by Gasteiger charge is 2.21. The van der Waals surface area contributed by atoms with Crippen molar-refractivity contribution in [3.8, 4) is 5.69 Å². The van der Waals surface area contributed by atoms with E-state index < -0.39 is 0 Å².